The Bertz CT molecular complexity index is 2080. The van der Waals surface area contributed by atoms with Gasteiger partial charge in [-0.2, -0.15) is 0 Å². The number of hydrogen-bond acceptors (Lipinski definition) is 11. The molecule has 0 saturated heterocycles. The Morgan fingerprint density at radius 2 is 0.615 bits per heavy atom. The number of rotatable bonds is 22. The Balaban J connectivity index is 0.00000528. The van der Waals surface area contributed by atoms with Crippen LogP contribution in [0.1, 0.15) is 184 Å². The number of ether oxygens (including phenoxy) is 3. The first kappa shape index (κ1) is 61.2. The monoisotopic (exact) mass is 924 g/mol. The zero-order chi connectivity index (χ0) is 43.9. The van der Waals surface area contributed by atoms with Crippen LogP contribution in [-0.4, -0.2) is 43.7 Å². The molecule has 0 spiro atoms. The van der Waals surface area contributed by atoms with E-state index < -0.39 is 23.9 Å². The van der Waals surface area contributed by atoms with Crippen molar-refractivity contribution in [2.45, 2.75) is 124 Å². The average molecular weight is 925 g/mol. The molecule has 0 atom stereocenters. The maximum atomic E-state index is 12.7. The van der Waals surface area contributed by atoms with E-state index in [0.29, 0.717) is 88.0 Å². The Labute approximate surface area is 472 Å². The number of carbonyl (C=O) groups excluding carboxylic acids is 4. The van der Waals surface area contributed by atoms with Crippen molar-refractivity contribution in [1.82, 2.24) is 0 Å². The zero-order valence-electron chi connectivity index (χ0n) is 39.6. The Kier molecular flexibility index (Phi) is 29.5. The third kappa shape index (κ3) is 18.2. The SMILES string of the molecule is CCCCCCOc1c2cc(C(=O)[O-])cc1Cc1cc(C(=O)[O-])cc(c1OCCCCCC)Cc1cc(C(=O)[O-])cc(c1OCCCCCC)Cc1cc(cc(C(=O)[O-])c1)C2.[Na+].[Na+].[Na+].[Na+]. The number of benzene rings is 4. The van der Waals surface area contributed by atoms with E-state index in [2.05, 4.69) is 20.8 Å². The third-order valence-corrected chi connectivity index (χ3v) is 11.0. The Hall–Kier alpha value is -1.84. The van der Waals surface area contributed by atoms with Gasteiger partial charge < -0.3 is 53.8 Å². The second-order valence-electron chi connectivity index (χ2n) is 16.0. The van der Waals surface area contributed by atoms with E-state index in [1.54, 1.807) is 6.07 Å². The summed E-state index contributed by atoms with van der Waals surface area (Å²) in [6, 6.07) is 13.5. The van der Waals surface area contributed by atoms with Crippen molar-refractivity contribution >= 4 is 23.9 Å². The van der Waals surface area contributed by atoms with Crippen molar-refractivity contribution in [2.24, 2.45) is 0 Å². The van der Waals surface area contributed by atoms with Gasteiger partial charge in [-0.3, -0.25) is 0 Å². The quantitative estimate of drug-likeness (QED) is 0.0475. The van der Waals surface area contributed by atoms with Gasteiger partial charge >= 0.3 is 118 Å². The smallest absolute Gasteiger partial charge is 0.545 e. The maximum absolute atomic E-state index is 12.7. The molecular formula is C50H56Na4O11. The molecule has 11 nitrogen and oxygen atoms in total. The van der Waals surface area contributed by atoms with Gasteiger partial charge in [0.15, 0.2) is 0 Å². The van der Waals surface area contributed by atoms with Crippen molar-refractivity contribution in [3.63, 3.8) is 0 Å². The summed E-state index contributed by atoms with van der Waals surface area (Å²) in [5.74, 6) is -4.57. The minimum atomic E-state index is -1.44. The first-order valence-electron chi connectivity index (χ1n) is 21.8. The number of aromatic carboxylic acids is 4. The fourth-order valence-electron chi connectivity index (χ4n) is 8.00. The molecule has 8 bridgehead atoms. The minimum absolute atomic E-state index is 0. The van der Waals surface area contributed by atoms with Crippen molar-refractivity contribution in [3.05, 3.63) is 121 Å². The van der Waals surface area contributed by atoms with Crippen LogP contribution in [0.15, 0.2) is 54.6 Å². The molecule has 0 heterocycles. The molecule has 4 aromatic carbocycles. The van der Waals surface area contributed by atoms with E-state index in [1.807, 2.05) is 0 Å². The number of fused-ring (bicyclic) bond motifs is 8. The fraction of sp³-hybridized carbons (Fsp3) is 0.440. The molecular weight excluding hydrogens is 868 g/mol. The van der Waals surface area contributed by atoms with Crippen LogP contribution in [0.4, 0.5) is 0 Å². The molecule has 65 heavy (non-hydrogen) atoms. The second kappa shape index (κ2) is 31.3. The topological polar surface area (TPSA) is 188 Å². The van der Waals surface area contributed by atoms with Gasteiger partial charge in [0.1, 0.15) is 17.2 Å². The first-order chi connectivity index (χ1) is 29.4. The summed E-state index contributed by atoms with van der Waals surface area (Å²) in [6.45, 7) is 7.24. The predicted molar refractivity (Wildman–Crippen MR) is 223 cm³/mol. The van der Waals surface area contributed by atoms with Crippen LogP contribution in [0, 0.1) is 0 Å². The standard InChI is InChI=1S/C50H60O11.4Na/c1-4-7-10-13-16-59-44-34-20-32-19-33(23-40(22-32)47(51)52)21-35-27-42(49(55)56)29-37(45(35)60-17-14-11-8-5-2)25-39-31-43(50(57)58)30-38(46(39)61-18-15-12-9-6-3)24-36(44)28-41(26-34)48(53)54;;;;/h19,22-23,26-31H,4-18,20-21,24-25H2,1-3H3,(H,51,52)(H,53,54)(H,55,56)(H,57,58);;;;/q;4*+1/p-4. The fourth-order valence-corrected chi connectivity index (χ4v) is 8.00. The van der Waals surface area contributed by atoms with Crippen molar-refractivity contribution in [3.8, 4) is 17.2 Å². The van der Waals surface area contributed by atoms with Crippen molar-refractivity contribution in [1.29, 1.82) is 0 Å². The molecule has 1 aliphatic carbocycles. The van der Waals surface area contributed by atoms with E-state index in [-0.39, 0.29) is 166 Å². The van der Waals surface area contributed by atoms with Gasteiger partial charge in [-0.15, -0.1) is 0 Å². The molecule has 0 saturated carbocycles. The molecule has 0 aliphatic heterocycles. The van der Waals surface area contributed by atoms with Crippen LogP contribution >= 0.6 is 0 Å². The normalized spacial score (nSPS) is 11.4. The van der Waals surface area contributed by atoms with Gasteiger partial charge in [-0.25, -0.2) is 0 Å². The maximum Gasteiger partial charge on any atom is 1.00 e. The van der Waals surface area contributed by atoms with Gasteiger partial charge in [-0.1, -0.05) is 84.6 Å². The van der Waals surface area contributed by atoms with Gasteiger partial charge in [0.2, 0.25) is 0 Å². The van der Waals surface area contributed by atoms with Crippen LogP contribution in [0.25, 0.3) is 0 Å². The Morgan fingerprint density at radius 3 is 0.862 bits per heavy atom. The third-order valence-electron chi connectivity index (χ3n) is 11.0. The van der Waals surface area contributed by atoms with Crippen LogP contribution in [0.3, 0.4) is 0 Å². The number of carboxylic acid groups (broad SMARTS) is 4. The summed E-state index contributed by atoms with van der Waals surface area (Å²) in [4.78, 5) is 50.4. The summed E-state index contributed by atoms with van der Waals surface area (Å²) in [7, 11) is 0. The van der Waals surface area contributed by atoms with Gasteiger partial charge in [-0.05, 0) is 135 Å². The number of unbranched alkanes of at least 4 members (excludes halogenated alkanes) is 9. The number of hydrogen-bond donors (Lipinski definition) is 0. The molecule has 326 valence electrons. The van der Waals surface area contributed by atoms with Crippen LogP contribution in [0.5, 0.6) is 17.2 Å². The van der Waals surface area contributed by atoms with E-state index in [4.69, 9.17) is 14.2 Å². The summed E-state index contributed by atoms with van der Waals surface area (Å²) < 4.78 is 19.6. The van der Waals surface area contributed by atoms with Gasteiger partial charge in [0, 0.05) is 25.7 Å². The van der Waals surface area contributed by atoms with Crippen LogP contribution in [0.2, 0.25) is 0 Å². The second-order valence-corrected chi connectivity index (χ2v) is 16.0. The minimum Gasteiger partial charge on any atom is -0.545 e. The molecule has 5 rings (SSSR count). The predicted octanol–water partition coefficient (Wildman–Crippen LogP) is -6.29. The molecule has 15 heteroatoms. The van der Waals surface area contributed by atoms with E-state index in [0.717, 1.165) is 70.6 Å². The van der Waals surface area contributed by atoms with Crippen molar-refractivity contribution in [2.75, 3.05) is 19.8 Å². The molecule has 0 fully saturated rings. The largest absolute Gasteiger partial charge is 1.00 e. The van der Waals surface area contributed by atoms with Crippen LogP contribution in [-0.2, 0) is 25.7 Å². The molecule has 0 N–H and O–H groups in total. The molecule has 0 amide bonds. The summed E-state index contributed by atoms with van der Waals surface area (Å²) in [6.07, 6.45) is 11.0. The number of carboxylic acids is 4. The molecule has 0 aromatic heterocycles. The van der Waals surface area contributed by atoms with Gasteiger partial charge in [0.25, 0.3) is 0 Å². The molecule has 1 aliphatic rings. The molecule has 4 aromatic rings. The van der Waals surface area contributed by atoms with E-state index in [9.17, 15) is 39.6 Å². The zero-order valence-corrected chi connectivity index (χ0v) is 47.6. The summed E-state index contributed by atoms with van der Waals surface area (Å²) >= 11 is 0. The summed E-state index contributed by atoms with van der Waals surface area (Å²) in [5.41, 5.74) is 3.12. The average Bonchev–Trinajstić information content (AvgIpc) is 3.21. The van der Waals surface area contributed by atoms with E-state index >= 15 is 0 Å². The van der Waals surface area contributed by atoms with E-state index in [1.165, 1.54) is 48.5 Å². The molecule has 0 unspecified atom stereocenters. The van der Waals surface area contributed by atoms with Crippen LogP contribution < -0.4 is 153 Å². The van der Waals surface area contributed by atoms with Crippen molar-refractivity contribution < 1.29 is 172 Å². The summed E-state index contributed by atoms with van der Waals surface area (Å²) in [5, 5.41) is 50.4. The Morgan fingerprint density at radius 1 is 0.369 bits per heavy atom. The van der Waals surface area contributed by atoms with Gasteiger partial charge in [0.05, 0.1) is 43.7 Å². The molecule has 0 radical (unpaired) electrons. The number of carbonyl (C=O) groups is 4. The first-order valence-corrected chi connectivity index (χ1v) is 21.8.